The lowest BCUT2D eigenvalue weighted by atomic mass is 10.1. The molecule has 0 saturated heterocycles. The summed E-state index contributed by atoms with van der Waals surface area (Å²) in [6.07, 6.45) is 4.58. The molecule has 2 aromatic rings. The number of aliphatic hydroxyl groups is 1. The summed E-state index contributed by atoms with van der Waals surface area (Å²) < 4.78 is 35.8. The number of likely N-dealkylation sites (N-methyl/N-ethyl adjacent to an activating group) is 1. The van der Waals surface area contributed by atoms with Crippen LogP contribution in [0, 0.1) is 0 Å². The molecule has 8 heteroatoms. The monoisotopic (exact) mass is 366 g/mol. The lowest BCUT2D eigenvalue weighted by molar-refractivity contribution is 0.177. The zero-order chi connectivity index (χ0) is 18.3. The molecule has 0 unspecified atom stereocenters. The Balaban J connectivity index is 0.000000186. The van der Waals surface area contributed by atoms with Crippen LogP contribution in [0.15, 0.2) is 47.6 Å². The molecule has 1 aliphatic heterocycles. The summed E-state index contributed by atoms with van der Waals surface area (Å²) in [4.78, 5) is 3.83. The van der Waals surface area contributed by atoms with Crippen LogP contribution in [0.5, 0.6) is 5.75 Å². The highest BCUT2D eigenvalue weighted by Crippen LogP contribution is 2.26. The lowest BCUT2D eigenvalue weighted by Gasteiger charge is -2.17. The van der Waals surface area contributed by atoms with E-state index in [9.17, 15) is 13.5 Å². The quantitative estimate of drug-likeness (QED) is 0.705. The van der Waals surface area contributed by atoms with E-state index in [1.807, 2.05) is 12.1 Å². The van der Waals surface area contributed by atoms with Gasteiger partial charge in [0.05, 0.1) is 17.6 Å². The van der Waals surface area contributed by atoms with Crippen LogP contribution in [-0.2, 0) is 16.5 Å². The number of aromatic nitrogens is 1. The molecule has 0 aliphatic carbocycles. The molecule has 1 aromatic carbocycles. The molecule has 2 heterocycles. The summed E-state index contributed by atoms with van der Waals surface area (Å²) in [5, 5.41) is 12.3. The van der Waals surface area contributed by atoms with Gasteiger partial charge >= 0.3 is 0 Å². The molecule has 0 bridgehead atoms. The van der Waals surface area contributed by atoms with Gasteiger partial charge in [-0.15, -0.1) is 0 Å². The van der Waals surface area contributed by atoms with E-state index in [0.29, 0.717) is 18.9 Å². The van der Waals surface area contributed by atoms with E-state index >= 15 is 0 Å². The predicted octanol–water partition coefficient (Wildman–Crippen LogP) is 1.59. The Hall–Kier alpha value is -2.00. The van der Waals surface area contributed by atoms with Crippen molar-refractivity contribution in [3.63, 3.8) is 0 Å². The van der Waals surface area contributed by atoms with Gasteiger partial charge in [0.2, 0.25) is 0 Å². The molecule has 0 spiro atoms. The number of fused-ring (bicyclic) bond motifs is 1. The van der Waals surface area contributed by atoms with Crippen LogP contribution in [0.3, 0.4) is 0 Å². The Bertz CT molecular complexity index is 781. The summed E-state index contributed by atoms with van der Waals surface area (Å²) >= 11 is 0. The summed E-state index contributed by atoms with van der Waals surface area (Å²) in [5.74, 6) is 0.712. The van der Waals surface area contributed by atoms with E-state index in [2.05, 4.69) is 10.3 Å². The topological polar surface area (TPSA) is 109 Å². The number of aryl methyl sites for hydroxylation is 1. The van der Waals surface area contributed by atoms with Gasteiger partial charge in [-0.1, -0.05) is 6.07 Å². The molecule has 3 N–H and O–H groups in total. The van der Waals surface area contributed by atoms with Gasteiger partial charge in [-0.3, -0.25) is 9.54 Å². The second-order valence-corrected chi connectivity index (χ2v) is 6.98. The standard InChI is InChI=1S/C9H10O4S.C8H12N2O/c10-14(11,12)8-3-4-9-7(6-8)2-1-5-13-9;1-9-6-8(11)7-3-2-4-10-5-7/h3-4,6H,1-2,5H2,(H,10,11,12);2-5,8-9,11H,6H2,1H3/t;8-/m.0/s1. The van der Waals surface area contributed by atoms with Gasteiger partial charge in [-0.2, -0.15) is 8.42 Å². The highest BCUT2D eigenvalue weighted by Gasteiger charge is 2.15. The lowest BCUT2D eigenvalue weighted by Crippen LogP contribution is -2.16. The summed E-state index contributed by atoms with van der Waals surface area (Å²) in [6, 6.07) is 8.06. The molecule has 0 saturated carbocycles. The second kappa shape index (κ2) is 8.91. The van der Waals surface area contributed by atoms with Gasteiger partial charge in [0.25, 0.3) is 10.1 Å². The van der Waals surface area contributed by atoms with Crippen LogP contribution in [0.25, 0.3) is 0 Å². The number of benzene rings is 1. The van der Waals surface area contributed by atoms with Crippen molar-refractivity contribution >= 4 is 10.1 Å². The molecule has 1 aliphatic rings. The molecule has 0 fully saturated rings. The Morgan fingerprint density at radius 1 is 1.36 bits per heavy atom. The van der Waals surface area contributed by atoms with Crippen molar-refractivity contribution in [3.05, 3.63) is 53.9 Å². The van der Waals surface area contributed by atoms with Gasteiger partial charge in [0.15, 0.2) is 0 Å². The number of nitrogens with zero attached hydrogens (tertiary/aromatic N) is 1. The van der Waals surface area contributed by atoms with Crippen LogP contribution in [-0.4, -0.2) is 43.3 Å². The van der Waals surface area contributed by atoms with Crippen LogP contribution >= 0.6 is 0 Å². The molecule has 1 atom stereocenters. The van der Waals surface area contributed by atoms with Crippen LogP contribution in [0.1, 0.15) is 23.7 Å². The van der Waals surface area contributed by atoms with Gasteiger partial charge < -0.3 is 15.2 Å². The first-order chi connectivity index (χ1) is 11.9. The summed E-state index contributed by atoms with van der Waals surface area (Å²) in [7, 11) is -2.29. The van der Waals surface area contributed by atoms with E-state index in [4.69, 9.17) is 9.29 Å². The van der Waals surface area contributed by atoms with E-state index < -0.39 is 16.2 Å². The van der Waals surface area contributed by atoms with E-state index in [1.54, 1.807) is 25.5 Å². The number of rotatable bonds is 4. The fraction of sp³-hybridized carbons (Fsp3) is 0.353. The van der Waals surface area contributed by atoms with Crippen molar-refractivity contribution in [1.82, 2.24) is 10.3 Å². The van der Waals surface area contributed by atoms with Crippen molar-refractivity contribution in [2.45, 2.75) is 23.8 Å². The highest BCUT2D eigenvalue weighted by molar-refractivity contribution is 7.85. The Morgan fingerprint density at radius 2 is 2.16 bits per heavy atom. The third-order valence-corrected chi connectivity index (χ3v) is 4.49. The Labute approximate surface area is 147 Å². The number of hydrogen-bond donors (Lipinski definition) is 3. The normalized spacial score (nSPS) is 14.5. The fourth-order valence-electron chi connectivity index (χ4n) is 2.38. The van der Waals surface area contributed by atoms with E-state index in [-0.39, 0.29) is 4.90 Å². The minimum absolute atomic E-state index is 0.0678. The minimum Gasteiger partial charge on any atom is -0.493 e. The summed E-state index contributed by atoms with van der Waals surface area (Å²) in [6.45, 7) is 1.23. The first kappa shape index (κ1) is 19.3. The third kappa shape index (κ3) is 5.79. The van der Waals surface area contributed by atoms with Gasteiger partial charge in [0.1, 0.15) is 5.75 Å². The van der Waals surface area contributed by atoms with Gasteiger partial charge in [0, 0.05) is 24.5 Å². The first-order valence-electron chi connectivity index (χ1n) is 7.87. The number of aliphatic hydroxyl groups excluding tert-OH is 1. The fourth-order valence-corrected chi connectivity index (χ4v) is 2.91. The number of hydrogen-bond acceptors (Lipinski definition) is 6. The van der Waals surface area contributed by atoms with Crippen LogP contribution in [0.4, 0.5) is 0 Å². The van der Waals surface area contributed by atoms with Crippen LogP contribution < -0.4 is 10.1 Å². The highest BCUT2D eigenvalue weighted by atomic mass is 32.2. The zero-order valence-electron chi connectivity index (χ0n) is 13.9. The molecular formula is C17H22N2O5S. The average Bonchev–Trinajstić information content (AvgIpc) is 2.62. The maximum absolute atomic E-state index is 10.8. The molecule has 7 nitrogen and oxygen atoms in total. The van der Waals surface area contributed by atoms with Gasteiger partial charge in [-0.05, 0) is 49.7 Å². The van der Waals surface area contributed by atoms with Crippen LogP contribution in [0.2, 0.25) is 0 Å². The average molecular weight is 366 g/mol. The maximum Gasteiger partial charge on any atom is 0.294 e. The van der Waals surface area contributed by atoms with Crippen molar-refractivity contribution < 1.29 is 22.8 Å². The largest absolute Gasteiger partial charge is 0.493 e. The molecule has 3 rings (SSSR count). The zero-order valence-corrected chi connectivity index (χ0v) is 14.7. The third-order valence-electron chi connectivity index (χ3n) is 3.64. The SMILES string of the molecule is CNC[C@H](O)c1cccnc1.O=S(=O)(O)c1ccc2c(c1)CCCO2. The molecule has 0 amide bonds. The first-order valence-corrected chi connectivity index (χ1v) is 9.31. The van der Waals surface area contributed by atoms with Gasteiger partial charge in [-0.25, -0.2) is 0 Å². The molecular weight excluding hydrogens is 344 g/mol. The van der Waals surface area contributed by atoms with Crippen molar-refractivity contribution in [1.29, 1.82) is 0 Å². The number of ether oxygens (including phenoxy) is 1. The molecule has 0 radical (unpaired) electrons. The second-order valence-electron chi connectivity index (χ2n) is 5.56. The number of nitrogens with one attached hydrogen (secondary N) is 1. The Morgan fingerprint density at radius 3 is 2.80 bits per heavy atom. The summed E-state index contributed by atoms with van der Waals surface area (Å²) in [5.41, 5.74) is 1.69. The molecule has 1 aromatic heterocycles. The smallest absolute Gasteiger partial charge is 0.294 e. The predicted molar refractivity (Wildman–Crippen MR) is 93.2 cm³/mol. The number of pyridine rings is 1. The molecule has 25 heavy (non-hydrogen) atoms. The molecule has 136 valence electrons. The van der Waals surface area contributed by atoms with E-state index in [0.717, 1.165) is 24.0 Å². The van der Waals surface area contributed by atoms with E-state index in [1.165, 1.54) is 12.1 Å². The van der Waals surface area contributed by atoms with Crippen molar-refractivity contribution in [2.75, 3.05) is 20.2 Å². The van der Waals surface area contributed by atoms with Crippen molar-refractivity contribution in [3.8, 4) is 5.75 Å². The Kier molecular flexibility index (Phi) is 6.89. The minimum atomic E-state index is -4.09. The maximum atomic E-state index is 10.8. The van der Waals surface area contributed by atoms with Crippen molar-refractivity contribution in [2.24, 2.45) is 0 Å².